The fraction of sp³-hybridized carbons (Fsp3) is 0.273. The van der Waals surface area contributed by atoms with Crippen molar-refractivity contribution in [3.05, 3.63) is 35.9 Å². The molecule has 3 amide bonds. The molecule has 84 valence electrons. The minimum absolute atomic E-state index is 0.269. The van der Waals surface area contributed by atoms with E-state index in [1.165, 1.54) is 0 Å². The summed E-state index contributed by atoms with van der Waals surface area (Å²) in [5.74, 6) is -0.269. The zero-order valence-electron chi connectivity index (χ0n) is 8.52. The van der Waals surface area contributed by atoms with Crippen LogP contribution in [-0.4, -0.2) is 28.2 Å². The van der Waals surface area contributed by atoms with Gasteiger partial charge in [0.2, 0.25) is 5.91 Å². The van der Waals surface area contributed by atoms with Crippen LogP contribution in [0.25, 0.3) is 0 Å². The molecule has 5 heteroatoms. The number of hydrogen-bond acceptors (Lipinski definition) is 2. The van der Waals surface area contributed by atoms with Gasteiger partial charge in [-0.1, -0.05) is 46.3 Å². The van der Waals surface area contributed by atoms with Gasteiger partial charge >= 0.3 is 6.03 Å². The smallest absolute Gasteiger partial charge is 0.318 e. The van der Waals surface area contributed by atoms with Gasteiger partial charge < -0.3 is 4.90 Å². The molecule has 2 rings (SSSR count). The van der Waals surface area contributed by atoms with Crippen molar-refractivity contribution < 1.29 is 9.59 Å². The molecule has 0 aliphatic carbocycles. The molecule has 16 heavy (non-hydrogen) atoms. The Labute approximate surface area is 102 Å². The summed E-state index contributed by atoms with van der Waals surface area (Å²) in [4.78, 5) is 24.0. The molecule has 0 radical (unpaired) electrons. The summed E-state index contributed by atoms with van der Waals surface area (Å²) in [6.07, 6.45) is 0. The zero-order chi connectivity index (χ0) is 11.5. The van der Waals surface area contributed by atoms with Gasteiger partial charge in [-0.2, -0.15) is 0 Å². The lowest BCUT2D eigenvalue weighted by Gasteiger charge is -2.29. The second-order valence-electron chi connectivity index (χ2n) is 3.63. The van der Waals surface area contributed by atoms with Gasteiger partial charge in [0.25, 0.3) is 0 Å². The largest absolute Gasteiger partial charge is 0.324 e. The molecule has 1 aromatic rings. The Morgan fingerprint density at radius 2 is 2.00 bits per heavy atom. The summed E-state index contributed by atoms with van der Waals surface area (Å²) in [5.41, 5.74) is 1.05. The Morgan fingerprint density at radius 1 is 1.31 bits per heavy atom. The van der Waals surface area contributed by atoms with Gasteiger partial charge in [0.05, 0.1) is 0 Å². The van der Waals surface area contributed by atoms with E-state index in [4.69, 9.17) is 0 Å². The van der Waals surface area contributed by atoms with Crippen molar-refractivity contribution in [2.75, 3.05) is 6.54 Å². The first-order valence-corrected chi connectivity index (χ1v) is 5.86. The molecule has 0 spiro atoms. The molecule has 1 aromatic carbocycles. The third-order valence-electron chi connectivity index (χ3n) is 2.40. The van der Waals surface area contributed by atoms with Crippen LogP contribution in [0.4, 0.5) is 4.79 Å². The quantitative estimate of drug-likeness (QED) is 0.836. The normalized spacial score (nSPS) is 20.8. The summed E-state index contributed by atoms with van der Waals surface area (Å²) in [7, 11) is 0. The number of halogens is 1. The molecule has 4 nitrogen and oxygen atoms in total. The number of carbonyl (C=O) groups is 2. The van der Waals surface area contributed by atoms with E-state index in [0.29, 0.717) is 13.1 Å². The number of rotatable bonds is 2. The van der Waals surface area contributed by atoms with Gasteiger partial charge in [-0.05, 0) is 5.56 Å². The van der Waals surface area contributed by atoms with Crippen LogP contribution in [0.1, 0.15) is 5.56 Å². The monoisotopic (exact) mass is 282 g/mol. The third-order valence-corrected chi connectivity index (χ3v) is 3.10. The van der Waals surface area contributed by atoms with Gasteiger partial charge in [0.1, 0.15) is 4.83 Å². The SMILES string of the molecule is O=C1NC(=O)N(Cc2ccccc2)C[C@@H]1Br. The molecule has 0 bridgehead atoms. The van der Waals surface area contributed by atoms with Crippen molar-refractivity contribution in [1.82, 2.24) is 10.2 Å². The molecule has 1 atom stereocenters. The number of nitrogens with zero attached hydrogens (tertiary/aromatic N) is 1. The molecule has 0 unspecified atom stereocenters. The van der Waals surface area contributed by atoms with E-state index in [1.807, 2.05) is 30.3 Å². The highest BCUT2D eigenvalue weighted by Crippen LogP contribution is 2.12. The lowest BCUT2D eigenvalue weighted by molar-refractivity contribution is -0.120. The lowest BCUT2D eigenvalue weighted by atomic mass is 10.2. The Hall–Kier alpha value is -1.36. The lowest BCUT2D eigenvalue weighted by Crippen LogP contribution is -2.54. The highest BCUT2D eigenvalue weighted by atomic mass is 79.9. The average molecular weight is 283 g/mol. The second-order valence-corrected chi connectivity index (χ2v) is 4.73. The van der Waals surface area contributed by atoms with Crippen LogP contribution in [0, 0.1) is 0 Å². The Bertz CT molecular complexity index is 408. The Morgan fingerprint density at radius 3 is 2.69 bits per heavy atom. The van der Waals surface area contributed by atoms with Crippen molar-refractivity contribution in [2.24, 2.45) is 0 Å². The minimum Gasteiger partial charge on any atom is -0.318 e. The van der Waals surface area contributed by atoms with Crippen LogP contribution in [0.15, 0.2) is 30.3 Å². The number of hydrogen-bond donors (Lipinski definition) is 1. The third kappa shape index (κ3) is 2.41. The first kappa shape index (κ1) is 11.1. The van der Waals surface area contributed by atoms with E-state index in [9.17, 15) is 9.59 Å². The van der Waals surface area contributed by atoms with Crippen LogP contribution in [0.5, 0.6) is 0 Å². The van der Waals surface area contributed by atoms with E-state index in [1.54, 1.807) is 4.90 Å². The summed E-state index contributed by atoms with van der Waals surface area (Å²) >= 11 is 3.23. The van der Waals surface area contributed by atoms with E-state index in [2.05, 4.69) is 21.2 Å². The van der Waals surface area contributed by atoms with Crippen molar-refractivity contribution in [1.29, 1.82) is 0 Å². The van der Waals surface area contributed by atoms with Crippen molar-refractivity contribution >= 4 is 27.9 Å². The number of carbonyl (C=O) groups excluding carboxylic acids is 2. The predicted octanol–water partition coefficient (Wildman–Crippen LogP) is 1.50. The molecule has 1 fully saturated rings. The maximum absolute atomic E-state index is 11.5. The highest BCUT2D eigenvalue weighted by molar-refractivity contribution is 9.10. The average Bonchev–Trinajstić information content (AvgIpc) is 2.27. The molecule has 1 N–H and O–H groups in total. The number of amides is 3. The summed E-state index contributed by atoms with van der Waals surface area (Å²) in [6, 6.07) is 9.35. The van der Waals surface area contributed by atoms with E-state index >= 15 is 0 Å². The van der Waals surface area contributed by atoms with Gasteiger partial charge in [0, 0.05) is 13.1 Å². The summed E-state index contributed by atoms with van der Waals surface area (Å²) < 4.78 is 0. The van der Waals surface area contributed by atoms with Crippen LogP contribution in [0.2, 0.25) is 0 Å². The number of imide groups is 1. The topological polar surface area (TPSA) is 49.4 Å². The van der Waals surface area contributed by atoms with Crippen molar-refractivity contribution in [2.45, 2.75) is 11.4 Å². The molecule has 0 saturated carbocycles. The Balaban J connectivity index is 2.05. The molecule has 1 aliphatic rings. The number of urea groups is 1. The minimum atomic E-state index is -0.329. The van der Waals surface area contributed by atoms with E-state index in [-0.39, 0.29) is 16.8 Å². The Kier molecular flexibility index (Phi) is 3.24. The van der Waals surface area contributed by atoms with E-state index in [0.717, 1.165) is 5.56 Å². The molecular weight excluding hydrogens is 272 g/mol. The van der Waals surface area contributed by atoms with Crippen LogP contribution in [0.3, 0.4) is 0 Å². The van der Waals surface area contributed by atoms with Crippen LogP contribution < -0.4 is 5.32 Å². The second kappa shape index (κ2) is 4.65. The predicted molar refractivity (Wildman–Crippen MR) is 63.1 cm³/mol. The number of nitrogens with one attached hydrogen (secondary N) is 1. The maximum Gasteiger partial charge on any atom is 0.324 e. The van der Waals surface area contributed by atoms with Gasteiger partial charge in [0.15, 0.2) is 0 Å². The van der Waals surface area contributed by atoms with Crippen molar-refractivity contribution in [3.63, 3.8) is 0 Å². The molecule has 1 saturated heterocycles. The standard InChI is InChI=1S/C11H11BrN2O2/c12-9-7-14(11(16)13-10(9)15)6-8-4-2-1-3-5-8/h1-5,9H,6-7H2,(H,13,15,16)/t9-/m0/s1. The molecular formula is C11H11BrN2O2. The van der Waals surface area contributed by atoms with Crippen LogP contribution >= 0.6 is 15.9 Å². The van der Waals surface area contributed by atoms with Crippen LogP contribution in [-0.2, 0) is 11.3 Å². The maximum atomic E-state index is 11.5. The van der Waals surface area contributed by atoms with Gasteiger partial charge in [-0.15, -0.1) is 0 Å². The zero-order valence-corrected chi connectivity index (χ0v) is 10.1. The highest BCUT2D eigenvalue weighted by Gasteiger charge is 2.29. The van der Waals surface area contributed by atoms with E-state index < -0.39 is 0 Å². The summed E-state index contributed by atoms with van der Waals surface area (Å²) in [6.45, 7) is 0.918. The fourth-order valence-corrected chi connectivity index (χ4v) is 2.03. The summed E-state index contributed by atoms with van der Waals surface area (Å²) in [5, 5.41) is 2.30. The number of benzene rings is 1. The molecule has 0 aromatic heterocycles. The first-order chi connectivity index (χ1) is 7.66. The van der Waals surface area contributed by atoms with Gasteiger partial charge in [-0.25, -0.2) is 4.79 Å². The fourth-order valence-electron chi connectivity index (χ4n) is 1.56. The number of alkyl halides is 1. The molecule has 1 heterocycles. The first-order valence-electron chi connectivity index (χ1n) is 4.94. The van der Waals surface area contributed by atoms with Gasteiger partial charge in [-0.3, -0.25) is 10.1 Å². The molecule has 1 aliphatic heterocycles. The van der Waals surface area contributed by atoms with Crippen molar-refractivity contribution in [3.8, 4) is 0 Å².